The van der Waals surface area contributed by atoms with Crippen LogP contribution in [0.25, 0.3) is 5.69 Å². The second-order valence-electron chi connectivity index (χ2n) is 3.66. The van der Waals surface area contributed by atoms with Gasteiger partial charge < -0.3 is 15.2 Å². The summed E-state index contributed by atoms with van der Waals surface area (Å²) in [5.74, 6) is -1.78. The Hall–Kier alpha value is -3.30. The van der Waals surface area contributed by atoms with E-state index in [2.05, 4.69) is 4.98 Å². The van der Waals surface area contributed by atoms with Crippen molar-refractivity contribution in [1.82, 2.24) is 9.55 Å². The molecule has 2 rings (SSSR count). The van der Waals surface area contributed by atoms with Crippen LogP contribution in [0, 0.1) is 20.2 Å². The lowest BCUT2D eigenvalue weighted by molar-refractivity contribution is -0.389. The molecule has 0 bridgehead atoms. The van der Waals surface area contributed by atoms with Crippen LogP contribution in [0.3, 0.4) is 0 Å². The van der Waals surface area contributed by atoms with Crippen molar-refractivity contribution in [2.75, 3.05) is 0 Å². The minimum Gasteiger partial charge on any atom is -0.478 e. The number of benzene rings is 1. The lowest BCUT2D eigenvalue weighted by atomic mass is 10.1. The second-order valence-corrected chi connectivity index (χ2v) is 3.66. The van der Waals surface area contributed by atoms with Gasteiger partial charge in [-0.25, -0.2) is 4.79 Å². The number of carbonyl (C=O) groups is 1. The third-order valence-corrected chi connectivity index (χ3v) is 2.45. The highest BCUT2D eigenvalue weighted by Gasteiger charge is 2.21. The fraction of sp³-hybridized carbons (Fsp3) is 0. The summed E-state index contributed by atoms with van der Waals surface area (Å²) in [6, 6.07) is 3.23. The number of imidazole rings is 1. The van der Waals surface area contributed by atoms with Gasteiger partial charge in [-0.1, -0.05) is 0 Å². The molecule has 2 aromatic rings. The number of hydrogen-bond donors (Lipinski definition) is 1. The lowest BCUT2D eigenvalue weighted by Gasteiger charge is -2.03. The first-order chi connectivity index (χ1) is 9.40. The van der Waals surface area contributed by atoms with E-state index in [9.17, 15) is 25.0 Å². The monoisotopic (exact) mass is 278 g/mol. The molecule has 0 atom stereocenters. The number of hydrogen-bond acceptors (Lipinski definition) is 6. The van der Waals surface area contributed by atoms with E-state index in [1.54, 1.807) is 0 Å². The zero-order chi connectivity index (χ0) is 14.9. The van der Waals surface area contributed by atoms with E-state index < -0.39 is 27.3 Å². The lowest BCUT2D eigenvalue weighted by Crippen LogP contribution is -2.02. The molecule has 1 aromatic heterocycles. The average Bonchev–Trinajstić information content (AvgIpc) is 2.87. The second kappa shape index (κ2) is 4.76. The maximum atomic E-state index is 11.0. The number of aromatic carboxylic acids is 1. The summed E-state index contributed by atoms with van der Waals surface area (Å²) < 4.78 is 1.09. The Morgan fingerprint density at radius 3 is 2.45 bits per heavy atom. The summed E-state index contributed by atoms with van der Waals surface area (Å²) in [6.07, 6.45) is 2.05. The highest BCUT2D eigenvalue weighted by atomic mass is 16.6. The normalized spacial score (nSPS) is 10.2. The van der Waals surface area contributed by atoms with E-state index in [-0.39, 0.29) is 11.3 Å². The molecular formula is C10H6N4O6. The number of carboxylic acid groups (broad SMARTS) is 1. The molecule has 0 spiro atoms. The van der Waals surface area contributed by atoms with Crippen LogP contribution in [-0.4, -0.2) is 30.5 Å². The van der Waals surface area contributed by atoms with E-state index in [0.29, 0.717) is 0 Å². The predicted molar refractivity (Wildman–Crippen MR) is 63.8 cm³/mol. The highest BCUT2D eigenvalue weighted by Crippen LogP contribution is 2.25. The van der Waals surface area contributed by atoms with Gasteiger partial charge in [0.05, 0.1) is 10.5 Å². The third kappa shape index (κ3) is 2.29. The number of aromatic nitrogens is 2. The molecular weight excluding hydrogens is 272 g/mol. The van der Waals surface area contributed by atoms with Crippen LogP contribution in [0.1, 0.15) is 10.4 Å². The van der Waals surface area contributed by atoms with Crippen LogP contribution in [0.15, 0.2) is 30.7 Å². The molecule has 0 unspecified atom stereocenters. The quantitative estimate of drug-likeness (QED) is 0.657. The van der Waals surface area contributed by atoms with Gasteiger partial charge in [-0.05, 0) is 22.0 Å². The highest BCUT2D eigenvalue weighted by molar-refractivity contribution is 5.89. The largest absolute Gasteiger partial charge is 0.478 e. The fourth-order valence-corrected chi connectivity index (χ4v) is 1.56. The number of nitro benzene ring substituents is 1. The molecule has 0 radical (unpaired) electrons. The first kappa shape index (κ1) is 13.1. The van der Waals surface area contributed by atoms with E-state index in [0.717, 1.165) is 29.2 Å². The summed E-state index contributed by atoms with van der Waals surface area (Å²) in [5, 5.41) is 30.3. The van der Waals surface area contributed by atoms with Crippen molar-refractivity contribution in [3.8, 4) is 5.69 Å². The molecule has 0 fully saturated rings. The minimum atomic E-state index is -1.31. The Balaban J connectivity index is 2.57. The van der Waals surface area contributed by atoms with Crippen molar-refractivity contribution in [3.05, 3.63) is 56.5 Å². The number of rotatable bonds is 4. The van der Waals surface area contributed by atoms with E-state index in [1.165, 1.54) is 6.07 Å². The maximum absolute atomic E-state index is 11.0. The summed E-state index contributed by atoms with van der Waals surface area (Å²) in [5.41, 5.74) is -0.757. The van der Waals surface area contributed by atoms with Crippen LogP contribution in [0.2, 0.25) is 0 Å². The molecule has 10 nitrogen and oxygen atoms in total. The summed E-state index contributed by atoms with van der Waals surface area (Å²) >= 11 is 0. The van der Waals surface area contributed by atoms with Crippen molar-refractivity contribution in [2.45, 2.75) is 0 Å². The van der Waals surface area contributed by atoms with Crippen molar-refractivity contribution >= 4 is 17.5 Å². The van der Waals surface area contributed by atoms with Gasteiger partial charge in [0, 0.05) is 6.07 Å². The first-order valence-corrected chi connectivity index (χ1v) is 5.10. The zero-order valence-electron chi connectivity index (χ0n) is 9.66. The smallest absolute Gasteiger partial charge is 0.381 e. The van der Waals surface area contributed by atoms with Gasteiger partial charge >= 0.3 is 11.8 Å². The molecule has 20 heavy (non-hydrogen) atoms. The van der Waals surface area contributed by atoms with Crippen LogP contribution in [0.4, 0.5) is 11.5 Å². The molecule has 0 saturated carbocycles. The summed E-state index contributed by atoms with van der Waals surface area (Å²) in [6.45, 7) is 0. The van der Waals surface area contributed by atoms with Gasteiger partial charge in [0.15, 0.2) is 0 Å². The molecule has 0 aliphatic heterocycles. The SMILES string of the molecule is O=C(O)c1ccc(-n2cnc([N+](=O)[O-])c2)c([N+](=O)[O-])c1. The molecule has 1 heterocycles. The van der Waals surface area contributed by atoms with Gasteiger partial charge in [-0.2, -0.15) is 0 Å². The van der Waals surface area contributed by atoms with Gasteiger partial charge in [0.1, 0.15) is 11.9 Å². The molecule has 10 heteroatoms. The molecule has 0 aliphatic carbocycles. The van der Waals surface area contributed by atoms with Crippen LogP contribution >= 0.6 is 0 Å². The Kier molecular flexibility index (Phi) is 3.13. The van der Waals surface area contributed by atoms with Crippen LogP contribution in [-0.2, 0) is 0 Å². The number of carboxylic acids is 1. The van der Waals surface area contributed by atoms with Gasteiger partial charge in [-0.3, -0.25) is 14.7 Å². The van der Waals surface area contributed by atoms with Gasteiger partial charge in [-0.15, -0.1) is 0 Å². The Bertz CT molecular complexity index is 722. The fourth-order valence-electron chi connectivity index (χ4n) is 1.56. The standard InChI is InChI=1S/C10H6N4O6/c15-10(16)6-1-2-7(8(3-6)13(17)18)12-4-9(11-5-12)14(19)20/h1-5H,(H,15,16). The summed E-state index contributed by atoms with van der Waals surface area (Å²) in [7, 11) is 0. The topological polar surface area (TPSA) is 141 Å². The Labute approximate surface area is 110 Å². The predicted octanol–water partition coefficient (Wildman–Crippen LogP) is 1.39. The maximum Gasteiger partial charge on any atom is 0.381 e. The van der Waals surface area contributed by atoms with Gasteiger partial charge in [0.2, 0.25) is 6.33 Å². The van der Waals surface area contributed by atoms with Crippen LogP contribution in [0.5, 0.6) is 0 Å². The van der Waals surface area contributed by atoms with E-state index in [1.807, 2.05) is 0 Å². The summed E-state index contributed by atoms with van der Waals surface area (Å²) in [4.78, 5) is 34.2. The average molecular weight is 278 g/mol. The third-order valence-electron chi connectivity index (χ3n) is 2.45. The van der Waals surface area contributed by atoms with Crippen molar-refractivity contribution in [3.63, 3.8) is 0 Å². The van der Waals surface area contributed by atoms with Crippen LogP contribution < -0.4 is 0 Å². The molecule has 0 saturated heterocycles. The molecule has 1 N–H and O–H groups in total. The minimum absolute atomic E-state index is 0.0133. The van der Waals surface area contributed by atoms with E-state index >= 15 is 0 Å². The number of nitrogens with zero attached hydrogens (tertiary/aromatic N) is 4. The van der Waals surface area contributed by atoms with Crippen molar-refractivity contribution < 1.29 is 19.7 Å². The van der Waals surface area contributed by atoms with Crippen molar-refractivity contribution in [1.29, 1.82) is 0 Å². The molecule has 102 valence electrons. The molecule has 0 amide bonds. The van der Waals surface area contributed by atoms with E-state index in [4.69, 9.17) is 5.11 Å². The Morgan fingerprint density at radius 1 is 1.25 bits per heavy atom. The zero-order valence-corrected chi connectivity index (χ0v) is 9.66. The van der Waals surface area contributed by atoms with Gasteiger partial charge in [0.25, 0.3) is 5.69 Å². The first-order valence-electron chi connectivity index (χ1n) is 5.10. The number of nitro groups is 2. The Morgan fingerprint density at radius 2 is 1.95 bits per heavy atom. The van der Waals surface area contributed by atoms with Crippen molar-refractivity contribution in [2.24, 2.45) is 0 Å². The molecule has 1 aromatic carbocycles. The molecule has 0 aliphatic rings.